The highest BCUT2D eigenvalue weighted by atomic mass is 16.6. The van der Waals surface area contributed by atoms with Crippen LogP contribution in [0.4, 0.5) is 0 Å². The second-order valence-corrected chi connectivity index (χ2v) is 8.89. The average molecular weight is 445 g/mol. The minimum atomic E-state index is -0.773. The van der Waals surface area contributed by atoms with E-state index in [4.69, 9.17) is 19.7 Å². The van der Waals surface area contributed by atoms with E-state index >= 15 is 0 Å². The third kappa shape index (κ3) is 21.0. The number of hydrogen-bond acceptors (Lipinski definition) is 5. The summed E-state index contributed by atoms with van der Waals surface area (Å²) < 4.78 is 11.2. The van der Waals surface area contributed by atoms with Crippen molar-refractivity contribution in [1.29, 1.82) is 0 Å². The molecule has 0 bridgehead atoms. The number of rotatable bonds is 24. The molecule has 0 aromatic rings. The summed E-state index contributed by atoms with van der Waals surface area (Å²) in [5.41, 5.74) is 0. The Hall–Kier alpha value is -0.650. The van der Waals surface area contributed by atoms with E-state index in [1.807, 2.05) is 0 Å². The van der Waals surface area contributed by atoms with Crippen molar-refractivity contribution in [2.24, 2.45) is 0 Å². The first-order chi connectivity index (χ1) is 15.2. The van der Waals surface area contributed by atoms with Gasteiger partial charge in [-0.25, -0.2) is 0 Å². The Kier molecular flexibility index (Phi) is 23.5. The molecule has 1 atom stereocenters. The molecule has 0 amide bonds. The van der Waals surface area contributed by atoms with Gasteiger partial charge in [-0.15, -0.1) is 0 Å². The van der Waals surface area contributed by atoms with Crippen LogP contribution in [0, 0.1) is 0 Å². The first-order valence-corrected chi connectivity index (χ1v) is 13.2. The molecule has 0 aliphatic heterocycles. The smallest absolute Gasteiger partial charge is 0.306 e. The number of carbonyl (C=O) groups excluding carboxylic acids is 1. The number of ether oxygens (including phenoxy) is 2. The summed E-state index contributed by atoms with van der Waals surface area (Å²) in [6.45, 7) is 4.78. The maximum atomic E-state index is 11.6. The van der Waals surface area contributed by atoms with Gasteiger partial charge in [0.15, 0.2) is 0 Å². The molecule has 186 valence electrons. The van der Waals surface area contributed by atoms with E-state index in [1.165, 1.54) is 89.9 Å². The van der Waals surface area contributed by atoms with Crippen LogP contribution in [0.15, 0.2) is 0 Å². The highest BCUT2D eigenvalue weighted by Gasteiger charge is 2.12. The Bertz CT molecular complexity index is 359. The van der Waals surface area contributed by atoms with Crippen LogP contribution in [0.1, 0.15) is 129 Å². The summed E-state index contributed by atoms with van der Waals surface area (Å²) in [5, 5.41) is 17.8. The van der Waals surface area contributed by atoms with E-state index in [9.17, 15) is 4.79 Å². The van der Waals surface area contributed by atoms with Gasteiger partial charge in [0.05, 0.1) is 19.3 Å². The molecule has 0 aromatic heterocycles. The van der Waals surface area contributed by atoms with Gasteiger partial charge in [0.1, 0.15) is 6.10 Å². The van der Waals surface area contributed by atoms with Crippen molar-refractivity contribution < 1.29 is 24.5 Å². The molecule has 5 nitrogen and oxygen atoms in total. The summed E-state index contributed by atoms with van der Waals surface area (Å²) in [7, 11) is 0. The van der Waals surface area contributed by atoms with Crippen LogP contribution in [-0.2, 0) is 14.3 Å². The molecule has 0 heterocycles. The predicted octanol–water partition coefficient (Wildman–Crippen LogP) is 6.33. The summed E-state index contributed by atoms with van der Waals surface area (Å²) in [4.78, 5) is 11.6. The molecule has 2 N–H and O–H groups in total. The fraction of sp³-hybridized carbons (Fsp3) is 0.962. The van der Waals surface area contributed by atoms with Crippen LogP contribution >= 0.6 is 0 Å². The third-order valence-corrected chi connectivity index (χ3v) is 5.84. The molecule has 5 heteroatoms. The predicted molar refractivity (Wildman–Crippen MR) is 128 cm³/mol. The van der Waals surface area contributed by atoms with Crippen LogP contribution in [0.25, 0.3) is 0 Å². The molecule has 0 saturated carbocycles. The maximum Gasteiger partial charge on any atom is 0.306 e. The molecule has 0 aliphatic carbocycles. The van der Waals surface area contributed by atoms with Gasteiger partial charge in [-0.1, -0.05) is 97.3 Å². The lowest BCUT2D eigenvalue weighted by atomic mass is 10.0. The van der Waals surface area contributed by atoms with Crippen LogP contribution in [0.3, 0.4) is 0 Å². The molecular weight excluding hydrogens is 392 g/mol. The molecule has 0 radical (unpaired) electrons. The fourth-order valence-corrected chi connectivity index (χ4v) is 3.79. The average Bonchev–Trinajstić information content (AvgIpc) is 2.78. The van der Waals surface area contributed by atoms with E-state index in [2.05, 4.69) is 13.8 Å². The Balaban J connectivity index is 3.66. The second kappa shape index (κ2) is 24.0. The molecule has 0 saturated heterocycles. The summed E-state index contributed by atoms with van der Waals surface area (Å²) in [6, 6.07) is 0. The normalized spacial score (nSPS) is 12.4. The van der Waals surface area contributed by atoms with E-state index in [0.717, 1.165) is 25.9 Å². The van der Waals surface area contributed by atoms with E-state index in [0.29, 0.717) is 12.5 Å². The lowest BCUT2D eigenvalue weighted by Crippen LogP contribution is -2.25. The number of aliphatic hydroxyl groups excluding tert-OH is 2. The van der Waals surface area contributed by atoms with Gasteiger partial charge in [0.2, 0.25) is 0 Å². The minimum Gasteiger partial charge on any atom is -0.457 e. The summed E-state index contributed by atoms with van der Waals surface area (Å²) >= 11 is 0. The maximum absolute atomic E-state index is 11.6. The number of unbranched alkanes of at least 4 members (excludes halogenated alkanes) is 12. The molecule has 1 unspecified atom stereocenters. The van der Waals surface area contributed by atoms with Crippen LogP contribution in [0.5, 0.6) is 0 Å². The second-order valence-electron chi connectivity index (χ2n) is 8.89. The largest absolute Gasteiger partial charge is 0.457 e. The van der Waals surface area contributed by atoms with Crippen LogP contribution < -0.4 is 0 Å². The van der Waals surface area contributed by atoms with Gasteiger partial charge < -0.3 is 19.7 Å². The SMILES string of the molecule is CCCCCCC(CCCCCCCCCCC(=O)OC(CO)CO)OCCCCC. The molecule has 0 rings (SSSR count). The zero-order valence-electron chi connectivity index (χ0n) is 20.6. The van der Waals surface area contributed by atoms with Gasteiger partial charge in [-0.05, 0) is 25.7 Å². The first-order valence-electron chi connectivity index (χ1n) is 13.2. The number of hydrogen-bond donors (Lipinski definition) is 2. The zero-order valence-corrected chi connectivity index (χ0v) is 20.6. The van der Waals surface area contributed by atoms with Crippen molar-refractivity contribution in [3.05, 3.63) is 0 Å². The lowest BCUT2D eigenvalue weighted by Gasteiger charge is -2.18. The van der Waals surface area contributed by atoms with Crippen molar-refractivity contribution in [1.82, 2.24) is 0 Å². The fourth-order valence-electron chi connectivity index (χ4n) is 3.79. The highest BCUT2D eigenvalue weighted by molar-refractivity contribution is 5.69. The monoisotopic (exact) mass is 444 g/mol. The van der Waals surface area contributed by atoms with Gasteiger partial charge in [-0.2, -0.15) is 0 Å². The van der Waals surface area contributed by atoms with E-state index in [-0.39, 0.29) is 19.2 Å². The van der Waals surface area contributed by atoms with Crippen molar-refractivity contribution in [3.63, 3.8) is 0 Å². The van der Waals surface area contributed by atoms with Crippen molar-refractivity contribution in [2.75, 3.05) is 19.8 Å². The molecule has 0 fully saturated rings. The topological polar surface area (TPSA) is 76.0 Å². The Morgan fingerprint density at radius 3 is 1.68 bits per heavy atom. The summed E-state index contributed by atoms with van der Waals surface area (Å²) in [5.74, 6) is -0.325. The molecular formula is C26H52O5. The van der Waals surface area contributed by atoms with Crippen molar-refractivity contribution in [3.8, 4) is 0 Å². The molecule has 0 aliphatic rings. The van der Waals surface area contributed by atoms with Gasteiger partial charge in [-0.3, -0.25) is 4.79 Å². The minimum absolute atomic E-state index is 0.325. The van der Waals surface area contributed by atoms with Gasteiger partial charge in [0, 0.05) is 13.0 Å². The number of aliphatic hydroxyl groups is 2. The molecule has 0 spiro atoms. The van der Waals surface area contributed by atoms with E-state index in [1.54, 1.807) is 0 Å². The highest BCUT2D eigenvalue weighted by Crippen LogP contribution is 2.17. The zero-order chi connectivity index (χ0) is 23.0. The Morgan fingerprint density at radius 2 is 1.13 bits per heavy atom. The number of esters is 1. The molecule has 31 heavy (non-hydrogen) atoms. The lowest BCUT2D eigenvalue weighted by molar-refractivity contribution is -0.153. The quantitative estimate of drug-likeness (QED) is 0.134. The van der Waals surface area contributed by atoms with Gasteiger partial charge >= 0.3 is 5.97 Å². The van der Waals surface area contributed by atoms with E-state index < -0.39 is 6.10 Å². The van der Waals surface area contributed by atoms with Crippen molar-refractivity contribution >= 4 is 5.97 Å². The Labute approximate surface area is 192 Å². The van der Waals surface area contributed by atoms with Gasteiger partial charge in [0.25, 0.3) is 0 Å². The molecule has 0 aromatic carbocycles. The standard InChI is InChI=1S/C26H52O5/c1-3-5-7-14-18-24(30-21-17-6-4-2)19-15-12-10-8-9-11-13-16-20-26(29)31-25(22-27)23-28/h24-25,27-28H,3-23H2,1-2H3. The Morgan fingerprint density at radius 1 is 0.645 bits per heavy atom. The third-order valence-electron chi connectivity index (χ3n) is 5.84. The van der Waals surface area contributed by atoms with Crippen LogP contribution in [0.2, 0.25) is 0 Å². The number of carbonyl (C=O) groups is 1. The first kappa shape index (κ1) is 30.4. The van der Waals surface area contributed by atoms with Crippen molar-refractivity contribution in [2.45, 2.75) is 142 Å². The van der Waals surface area contributed by atoms with Crippen LogP contribution in [-0.4, -0.2) is 48.2 Å². The summed E-state index contributed by atoms with van der Waals surface area (Å²) in [6.07, 6.45) is 20.8.